The van der Waals surface area contributed by atoms with Crippen LogP contribution in [0.3, 0.4) is 0 Å². The topological polar surface area (TPSA) is 29.5 Å². The SMILES string of the molecule is CN(CCCOCC(F)(F)F)C1CCC(=O)CC1. The predicted molar refractivity (Wildman–Crippen MR) is 61.4 cm³/mol. The molecular formula is C12H20F3NO2. The van der Waals surface area contributed by atoms with Crippen molar-refractivity contribution in [3.05, 3.63) is 0 Å². The van der Waals surface area contributed by atoms with Gasteiger partial charge in [-0.3, -0.25) is 4.79 Å². The van der Waals surface area contributed by atoms with Gasteiger partial charge in [-0.05, 0) is 26.3 Å². The van der Waals surface area contributed by atoms with Crippen LogP contribution in [0.25, 0.3) is 0 Å². The average molecular weight is 267 g/mol. The quantitative estimate of drug-likeness (QED) is 0.692. The first kappa shape index (κ1) is 15.4. The molecule has 0 aliphatic heterocycles. The van der Waals surface area contributed by atoms with Crippen LogP contribution in [0.5, 0.6) is 0 Å². The first-order chi connectivity index (χ1) is 8.38. The predicted octanol–water partition coefficient (Wildman–Crippen LogP) is 2.40. The number of alkyl halides is 3. The lowest BCUT2D eigenvalue weighted by molar-refractivity contribution is -0.174. The molecule has 0 saturated heterocycles. The summed E-state index contributed by atoms with van der Waals surface area (Å²) in [5, 5.41) is 0. The van der Waals surface area contributed by atoms with Crippen molar-refractivity contribution in [2.75, 3.05) is 26.8 Å². The molecule has 0 amide bonds. The number of halogens is 3. The second-order valence-corrected chi connectivity index (χ2v) is 4.77. The molecule has 1 aliphatic carbocycles. The van der Waals surface area contributed by atoms with Gasteiger partial charge < -0.3 is 9.64 Å². The smallest absolute Gasteiger partial charge is 0.372 e. The van der Waals surface area contributed by atoms with Crippen LogP contribution in [0.2, 0.25) is 0 Å². The molecule has 1 saturated carbocycles. The first-order valence-corrected chi connectivity index (χ1v) is 6.25. The summed E-state index contributed by atoms with van der Waals surface area (Å²) in [5.41, 5.74) is 0. The monoisotopic (exact) mass is 267 g/mol. The van der Waals surface area contributed by atoms with E-state index >= 15 is 0 Å². The minimum absolute atomic E-state index is 0.121. The maximum Gasteiger partial charge on any atom is 0.411 e. The van der Waals surface area contributed by atoms with E-state index in [1.54, 1.807) is 0 Å². The summed E-state index contributed by atoms with van der Waals surface area (Å²) in [6.07, 6.45) is -0.691. The highest BCUT2D eigenvalue weighted by Crippen LogP contribution is 2.19. The van der Waals surface area contributed by atoms with Gasteiger partial charge in [-0.2, -0.15) is 13.2 Å². The molecule has 1 fully saturated rings. The standard InChI is InChI=1S/C12H20F3NO2/c1-16(10-3-5-11(17)6-4-10)7-2-8-18-9-12(13,14)15/h10H,2-9H2,1H3. The molecular weight excluding hydrogens is 247 g/mol. The minimum Gasteiger partial charge on any atom is -0.372 e. The zero-order valence-corrected chi connectivity index (χ0v) is 10.6. The number of carbonyl (C=O) groups excluding carboxylic acids is 1. The summed E-state index contributed by atoms with van der Waals surface area (Å²) in [5.74, 6) is 0.313. The van der Waals surface area contributed by atoms with Crippen molar-refractivity contribution in [3.8, 4) is 0 Å². The Hall–Kier alpha value is -0.620. The van der Waals surface area contributed by atoms with Crippen molar-refractivity contribution in [2.24, 2.45) is 0 Å². The fourth-order valence-corrected chi connectivity index (χ4v) is 2.15. The number of hydrogen-bond acceptors (Lipinski definition) is 3. The van der Waals surface area contributed by atoms with Gasteiger partial charge in [0.25, 0.3) is 0 Å². The van der Waals surface area contributed by atoms with Gasteiger partial charge in [0.1, 0.15) is 12.4 Å². The van der Waals surface area contributed by atoms with Gasteiger partial charge in [0.05, 0.1) is 0 Å². The van der Waals surface area contributed by atoms with Crippen LogP contribution in [0.1, 0.15) is 32.1 Å². The molecule has 0 unspecified atom stereocenters. The molecule has 1 rings (SSSR count). The third-order valence-corrected chi connectivity index (χ3v) is 3.20. The van der Waals surface area contributed by atoms with E-state index in [-0.39, 0.29) is 6.61 Å². The molecule has 0 aromatic heterocycles. The zero-order chi connectivity index (χ0) is 13.6. The molecule has 0 spiro atoms. The molecule has 0 radical (unpaired) electrons. The molecule has 0 heterocycles. The van der Waals surface area contributed by atoms with Crippen molar-refractivity contribution in [1.29, 1.82) is 0 Å². The second kappa shape index (κ2) is 7.09. The Kier molecular flexibility index (Phi) is 6.08. The number of carbonyl (C=O) groups is 1. The first-order valence-electron chi connectivity index (χ1n) is 6.25. The summed E-state index contributed by atoms with van der Waals surface area (Å²) >= 11 is 0. The summed E-state index contributed by atoms with van der Waals surface area (Å²) < 4.78 is 40.0. The Morgan fingerprint density at radius 3 is 2.50 bits per heavy atom. The van der Waals surface area contributed by atoms with Crippen molar-refractivity contribution >= 4 is 5.78 Å². The number of ether oxygens (including phenoxy) is 1. The number of Topliss-reactive ketones (excluding diaryl/α,β-unsaturated/α-hetero) is 1. The molecule has 18 heavy (non-hydrogen) atoms. The summed E-state index contributed by atoms with van der Waals surface area (Å²) in [6, 6.07) is 0.380. The number of hydrogen-bond donors (Lipinski definition) is 0. The Morgan fingerprint density at radius 2 is 1.94 bits per heavy atom. The van der Waals surface area contributed by atoms with Crippen LogP contribution < -0.4 is 0 Å². The maximum atomic E-state index is 11.8. The third kappa shape index (κ3) is 6.35. The van der Waals surface area contributed by atoms with Gasteiger partial charge in [-0.1, -0.05) is 0 Å². The molecule has 0 N–H and O–H groups in total. The largest absolute Gasteiger partial charge is 0.411 e. The van der Waals surface area contributed by atoms with Crippen LogP contribution >= 0.6 is 0 Å². The van der Waals surface area contributed by atoms with Crippen LogP contribution in [-0.4, -0.2) is 49.7 Å². The zero-order valence-electron chi connectivity index (χ0n) is 10.6. The van der Waals surface area contributed by atoms with Crippen LogP contribution in [-0.2, 0) is 9.53 Å². The second-order valence-electron chi connectivity index (χ2n) is 4.77. The molecule has 0 aromatic rings. The number of nitrogens with zero attached hydrogens (tertiary/aromatic N) is 1. The summed E-state index contributed by atoms with van der Waals surface area (Å²) in [7, 11) is 1.95. The molecule has 6 heteroatoms. The van der Waals surface area contributed by atoms with Crippen molar-refractivity contribution < 1.29 is 22.7 Å². The van der Waals surface area contributed by atoms with Crippen LogP contribution in [0.4, 0.5) is 13.2 Å². The number of ketones is 1. The van der Waals surface area contributed by atoms with Gasteiger partial charge in [-0.15, -0.1) is 0 Å². The van der Waals surface area contributed by atoms with Gasteiger partial charge in [0.15, 0.2) is 0 Å². The molecule has 0 atom stereocenters. The average Bonchev–Trinajstić information content (AvgIpc) is 2.27. The van der Waals surface area contributed by atoms with Crippen LogP contribution in [0.15, 0.2) is 0 Å². The normalized spacial score (nSPS) is 18.6. The Bertz CT molecular complexity index is 259. The van der Waals surface area contributed by atoms with Gasteiger partial charge in [-0.25, -0.2) is 0 Å². The fraction of sp³-hybridized carbons (Fsp3) is 0.917. The van der Waals surface area contributed by atoms with Crippen molar-refractivity contribution in [1.82, 2.24) is 4.90 Å². The fourth-order valence-electron chi connectivity index (χ4n) is 2.15. The molecule has 0 aromatic carbocycles. The summed E-state index contributed by atoms with van der Waals surface area (Å²) in [6.45, 7) is -0.346. The van der Waals surface area contributed by atoms with E-state index in [0.29, 0.717) is 37.6 Å². The highest BCUT2D eigenvalue weighted by atomic mass is 19.4. The van der Waals surface area contributed by atoms with E-state index in [1.165, 1.54) is 0 Å². The van der Waals surface area contributed by atoms with Crippen molar-refractivity contribution in [3.63, 3.8) is 0 Å². The van der Waals surface area contributed by atoms with Gasteiger partial charge in [0, 0.05) is 32.0 Å². The Labute approximate surface area is 105 Å². The highest BCUT2D eigenvalue weighted by molar-refractivity contribution is 5.79. The van der Waals surface area contributed by atoms with E-state index in [9.17, 15) is 18.0 Å². The Balaban J connectivity index is 2.06. The molecule has 106 valence electrons. The van der Waals surface area contributed by atoms with Gasteiger partial charge >= 0.3 is 6.18 Å². The number of rotatable bonds is 6. The lowest BCUT2D eigenvalue weighted by Gasteiger charge is -2.30. The molecule has 1 aliphatic rings. The van der Waals surface area contributed by atoms with E-state index in [4.69, 9.17) is 0 Å². The van der Waals surface area contributed by atoms with E-state index in [0.717, 1.165) is 12.8 Å². The Morgan fingerprint density at radius 1 is 1.33 bits per heavy atom. The van der Waals surface area contributed by atoms with E-state index in [1.807, 2.05) is 7.05 Å². The maximum absolute atomic E-state index is 11.8. The van der Waals surface area contributed by atoms with Crippen LogP contribution in [0, 0.1) is 0 Å². The van der Waals surface area contributed by atoms with E-state index < -0.39 is 12.8 Å². The summed E-state index contributed by atoms with van der Waals surface area (Å²) in [4.78, 5) is 13.2. The molecule has 0 bridgehead atoms. The third-order valence-electron chi connectivity index (χ3n) is 3.20. The lowest BCUT2D eigenvalue weighted by Crippen LogP contribution is -2.36. The minimum atomic E-state index is -4.24. The van der Waals surface area contributed by atoms with E-state index in [2.05, 4.69) is 9.64 Å². The highest BCUT2D eigenvalue weighted by Gasteiger charge is 2.27. The lowest BCUT2D eigenvalue weighted by atomic mass is 9.93. The molecule has 3 nitrogen and oxygen atoms in total. The van der Waals surface area contributed by atoms with Crippen molar-refractivity contribution in [2.45, 2.75) is 44.3 Å². The van der Waals surface area contributed by atoms with Gasteiger partial charge in [0.2, 0.25) is 0 Å².